The van der Waals surface area contributed by atoms with Crippen LogP contribution in [-0.4, -0.2) is 32.3 Å². The molecule has 0 aromatic carbocycles. The van der Waals surface area contributed by atoms with Gasteiger partial charge >= 0.3 is 6.03 Å². The summed E-state index contributed by atoms with van der Waals surface area (Å²) in [5.74, 6) is -0.574. The van der Waals surface area contributed by atoms with Crippen LogP contribution < -0.4 is 0 Å². The molecule has 0 spiro atoms. The normalized spacial score (nSPS) is 20.4. The number of urea groups is 1. The van der Waals surface area contributed by atoms with E-state index in [9.17, 15) is 9.59 Å². The molecule has 19 heavy (non-hydrogen) atoms. The number of hydrogen-bond donors (Lipinski definition) is 0. The summed E-state index contributed by atoms with van der Waals surface area (Å²) < 4.78 is -1.89. The molecule has 0 radical (unpaired) electrons. The fourth-order valence-corrected chi connectivity index (χ4v) is 3.82. The first-order valence-electron chi connectivity index (χ1n) is 4.46. The highest BCUT2D eigenvalue weighted by molar-refractivity contribution is 8.04. The first-order valence-corrected chi connectivity index (χ1v) is 8.27. The van der Waals surface area contributed by atoms with Gasteiger partial charge in [-0.3, -0.25) is 4.79 Å². The van der Waals surface area contributed by atoms with Gasteiger partial charge in [0.2, 0.25) is 0 Å². The van der Waals surface area contributed by atoms with E-state index in [1.807, 2.05) is 0 Å². The highest BCUT2D eigenvalue weighted by Gasteiger charge is 2.56. The second-order valence-corrected chi connectivity index (χ2v) is 12.0. The smallest absolute Gasteiger partial charge is 0.271 e. The van der Waals surface area contributed by atoms with Crippen molar-refractivity contribution in [2.45, 2.75) is 25.6 Å². The van der Waals surface area contributed by atoms with Crippen LogP contribution >= 0.6 is 93.5 Å². The second kappa shape index (κ2) is 5.88. The maximum atomic E-state index is 12.1. The van der Waals surface area contributed by atoms with E-state index in [4.69, 9.17) is 69.6 Å². The number of halogens is 6. The molecule has 0 aliphatic carbocycles. The van der Waals surface area contributed by atoms with Crippen molar-refractivity contribution in [3.8, 4) is 0 Å². The van der Waals surface area contributed by atoms with Crippen LogP contribution in [0.3, 0.4) is 0 Å². The average molecular weight is 427 g/mol. The predicted octanol–water partition coefficient (Wildman–Crippen LogP) is 4.98. The highest BCUT2D eigenvalue weighted by Crippen LogP contribution is 2.50. The highest BCUT2D eigenvalue weighted by atomic mass is 35.6. The Morgan fingerprint density at radius 3 is 1.74 bits per heavy atom. The molecule has 0 N–H and O–H groups in total. The van der Waals surface area contributed by atoms with Gasteiger partial charge in [-0.25, -0.2) is 9.10 Å². The van der Waals surface area contributed by atoms with Crippen molar-refractivity contribution in [1.82, 2.24) is 8.61 Å². The van der Waals surface area contributed by atoms with Gasteiger partial charge < -0.3 is 0 Å². The second-order valence-electron chi connectivity index (χ2n) is 3.81. The monoisotopic (exact) mass is 424 g/mol. The Balaban J connectivity index is 3.03. The maximum absolute atomic E-state index is 12.1. The molecule has 0 atom stereocenters. The Labute approximate surface area is 148 Å². The molecule has 110 valence electrons. The van der Waals surface area contributed by atoms with Crippen LogP contribution in [0.2, 0.25) is 0 Å². The summed E-state index contributed by atoms with van der Waals surface area (Å²) >= 11 is 34.6. The molecule has 1 aliphatic heterocycles. The summed E-state index contributed by atoms with van der Waals surface area (Å²) in [5, 5.41) is 0. The number of nitrogens with zero attached hydrogens (tertiary/aromatic N) is 2. The summed E-state index contributed by atoms with van der Waals surface area (Å²) in [5.41, 5.74) is -1.23. The van der Waals surface area contributed by atoms with Crippen LogP contribution in [-0.2, 0) is 4.79 Å². The molecule has 0 aromatic heterocycles. The zero-order valence-corrected chi connectivity index (χ0v) is 15.5. The van der Waals surface area contributed by atoms with Crippen molar-refractivity contribution in [1.29, 1.82) is 0 Å². The Kier molecular flexibility index (Phi) is 5.70. The van der Waals surface area contributed by atoms with Crippen molar-refractivity contribution >= 4 is 105 Å². The molecule has 0 unspecified atom stereocenters. The molecule has 0 bridgehead atoms. The van der Waals surface area contributed by atoms with Crippen LogP contribution in [0.25, 0.3) is 0 Å². The molecule has 0 saturated carbocycles. The molecule has 4 nitrogen and oxygen atoms in total. The number of imide groups is 1. The van der Waals surface area contributed by atoms with Gasteiger partial charge in [0.05, 0.1) is 0 Å². The lowest BCUT2D eigenvalue weighted by Crippen LogP contribution is -2.41. The zero-order valence-electron chi connectivity index (χ0n) is 9.30. The van der Waals surface area contributed by atoms with E-state index < -0.39 is 23.7 Å². The van der Waals surface area contributed by atoms with E-state index in [0.717, 1.165) is 8.61 Å². The summed E-state index contributed by atoms with van der Waals surface area (Å²) in [4.78, 5) is 24.3. The van der Waals surface area contributed by atoms with E-state index in [0.29, 0.717) is 23.9 Å². The topological polar surface area (TPSA) is 40.6 Å². The molecule has 1 rings (SSSR count). The summed E-state index contributed by atoms with van der Waals surface area (Å²) in [7, 11) is 0. The largest absolute Gasteiger partial charge is 0.348 e. The van der Waals surface area contributed by atoms with Crippen molar-refractivity contribution in [2.24, 2.45) is 0 Å². The number of carbonyl (C=O) groups excluding carboxylic acids is 2. The van der Waals surface area contributed by atoms with Gasteiger partial charge in [0.15, 0.2) is 0 Å². The minimum Gasteiger partial charge on any atom is -0.271 e. The predicted molar refractivity (Wildman–Crippen MR) is 83.9 cm³/mol. The van der Waals surface area contributed by atoms with Crippen molar-refractivity contribution in [2.75, 3.05) is 0 Å². The first-order chi connectivity index (χ1) is 8.26. The van der Waals surface area contributed by atoms with Crippen molar-refractivity contribution < 1.29 is 9.59 Å². The molecule has 1 saturated heterocycles. The lowest BCUT2D eigenvalue weighted by Gasteiger charge is -2.28. The maximum Gasteiger partial charge on any atom is 0.348 e. The molecule has 1 heterocycles. The molecule has 12 heteroatoms. The third-order valence-electron chi connectivity index (χ3n) is 1.95. The van der Waals surface area contributed by atoms with Crippen LogP contribution in [0.5, 0.6) is 0 Å². The quantitative estimate of drug-likeness (QED) is 0.354. The fourth-order valence-electron chi connectivity index (χ4n) is 1.18. The summed E-state index contributed by atoms with van der Waals surface area (Å²) in [6.45, 7) is 2.99. The zero-order chi connectivity index (χ0) is 15.2. The lowest BCUT2D eigenvalue weighted by atomic mass is 10.1. The molecular formula is C7H6Cl6N2O2S2. The molecule has 0 aromatic rings. The third kappa shape index (κ3) is 4.68. The van der Waals surface area contributed by atoms with Crippen molar-refractivity contribution in [3.63, 3.8) is 0 Å². The van der Waals surface area contributed by atoms with E-state index in [1.54, 1.807) is 0 Å². The van der Waals surface area contributed by atoms with Gasteiger partial charge in [0.25, 0.3) is 12.2 Å². The SMILES string of the molecule is CC1(C)C(=O)N(SC(Cl)(Cl)Cl)C(=O)N1SC(Cl)(Cl)Cl. The minimum atomic E-state index is -1.86. The lowest BCUT2D eigenvalue weighted by molar-refractivity contribution is -0.127. The number of amides is 3. The van der Waals surface area contributed by atoms with Gasteiger partial charge in [-0.2, -0.15) is 4.31 Å². The fraction of sp³-hybridized carbons (Fsp3) is 0.714. The summed E-state index contributed by atoms with van der Waals surface area (Å²) in [6, 6.07) is -0.734. The van der Waals surface area contributed by atoms with Crippen LogP contribution in [0.4, 0.5) is 4.79 Å². The Bertz CT molecular complexity index is 407. The van der Waals surface area contributed by atoms with Crippen LogP contribution in [0, 0.1) is 0 Å². The van der Waals surface area contributed by atoms with Gasteiger partial charge in [-0.05, 0) is 13.8 Å². The van der Waals surface area contributed by atoms with E-state index >= 15 is 0 Å². The van der Waals surface area contributed by atoms with Crippen LogP contribution in [0.15, 0.2) is 0 Å². The summed E-state index contributed by atoms with van der Waals surface area (Å²) in [6.07, 6.45) is 0. The third-order valence-corrected chi connectivity index (χ3v) is 4.91. The van der Waals surface area contributed by atoms with E-state index in [-0.39, 0.29) is 0 Å². The Morgan fingerprint density at radius 2 is 1.37 bits per heavy atom. The molecular weight excluding hydrogens is 421 g/mol. The minimum absolute atomic E-state index is 0.459. The first kappa shape index (κ1) is 18.4. The average Bonchev–Trinajstić information content (AvgIpc) is 2.29. The van der Waals surface area contributed by atoms with Crippen LogP contribution in [0.1, 0.15) is 13.8 Å². The van der Waals surface area contributed by atoms with E-state index in [1.165, 1.54) is 13.8 Å². The number of rotatable bonds is 2. The Morgan fingerprint density at radius 1 is 0.947 bits per heavy atom. The molecule has 1 fully saturated rings. The molecule has 1 aliphatic rings. The van der Waals surface area contributed by atoms with Gasteiger partial charge in [-0.1, -0.05) is 69.6 Å². The molecule has 3 amide bonds. The van der Waals surface area contributed by atoms with Gasteiger partial charge in [0.1, 0.15) is 5.54 Å². The number of alkyl halides is 6. The van der Waals surface area contributed by atoms with Gasteiger partial charge in [-0.15, -0.1) is 0 Å². The standard InChI is InChI=1S/C7H6Cl6N2O2S2/c1-5(2)3(16)14(18-6(8,9)10)4(17)15(5)19-7(11,12)13/h1-2H3. The Hall–Kier alpha value is 1.38. The van der Waals surface area contributed by atoms with Crippen molar-refractivity contribution in [3.05, 3.63) is 0 Å². The van der Waals surface area contributed by atoms with E-state index in [2.05, 4.69) is 0 Å². The van der Waals surface area contributed by atoms with Gasteiger partial charge in [0, 0.05) is 23.9 Å². The number of hydrogen-bond acceptors (Lipinski definition) is 4. The number of carbonyl (C=O) groups is 2.